The summed E-state index contributed by atoms with van der Waals surface area (Å²) < 4.78 is 4.11. The first-order valence-electron chi connectivity index (χ1n) is 9.07. The van der Waals surface area contributed by atoms with Crippen molar-refractivity contribution in [2.75, 3.05) is 46.4 Å². The van der Waals surface area contributed by atoms with Gasteiger partial charge in [-0.3, -0.25) is 14.9 Å². The zero-order chi connectivity index (χ0) is 20.3. The summed E-state index contributed by atoms with van der Waals surface area (Å²) in [6.07, 6.45) is 3.77. The summed E-state index contributed by atoms with van der Waals surface area (Å²) in [5.41, 5.74) is -0.0159. The summed E-state index contributed by atoms with van der Waals surface area (Å²) in [6.45, 7) is 8.32. The molecule has 0 amide bonds. The maximum Gasteiger partial charge on any atom is 0.302 e. The molecule has 0 saturated carbocycles. The van der Waals surface area contributed by atoms with E-state index in [2.05, 4.69) is 20.7 Å². The number of rotatable bonds is 1. The van der Waals surface area contributed by atoms with Crippen molar-refractivity contribution in [3.05, 3.63) is 34.4 Å². The molecule has 4 N–H and O–H groups in total. The van der Waals surface area contributed by atoms with Crippen molar-refractivity contribution in [1.29, 1.82) is 0 Å². The van der Waals surface area contributed by atoms with Crippen LogP contribution in [0.5, 0.6) is 5.75 Å². The standard InChI is InChI=1S/C9H21N3.C6H5NO3.C3H6O2.Zn/c1-4-10-6-2-8-12-9-3-7-11-5-1;8-6-3-1-5(2-4-6)7(9)10;1-3(4)5-2;/h10-12H,1-9H2;1-4,8H;1-2H3;. The van der Waals surface area contributed by atoms with Crippen LogP contribution in [0.2, 0.25) is 0 Å². The minimum atomic E-state index is -0.514. The number of phenolic OH excluding ortho intramolecular Hbond substituents is 1. The van der Waals surface area contributed by atoms with E-state index in [1.807, 2.05) is 0 Å². The van der Waals surface area contributed by atoms with Crippen molar-refractivity contribution in [2.45, 2.75) is 26.2 Å². The molecule has 0 radical (unpaired) electrons. The third-order valence-electron chi connectivity index (χ3n) is 3.47. The van der Waals surface area contributed by atoms with Crippen LogP contribution in [0.25, 0.3) is 0 Å². The molecular formula is C18H32N4O5Zn. The van der Waals surface area contributed by atoms with Gasteiger partial charge in [0.05, 0.1) is 12.0 Å². The molecule has 1 aliphatic rings. The molecule has 0 atom stereocenters. The number of non-ortho nitro benzene ring substituents is 1. The zero-order valence-corrected chi connectivity index (χ0v) is 19.9. The molecule has 156 valence electrons. The molecule has 10 heteroatoms. The van der Waals surface area contributed by atoms with Gasteiger partial charge in [-0.15, -0.1) is 0 Å². The number of phenols is 1. The van der Waals surface area contributed by atoms with Crippen molar-refractivity contribution >= 4 is 11.7 Å². The van der Waals surface area contributed by atoms with Gasteiger partial charge in [-0.25, -0.2) is 0 Å². The van der Waals surface area contributed by atoms with Crippen molar-refractivity contribution in [1.82, 2.24) is 16.0 Å². The molecule has 0 spiro atoms. The Morgan fingerprint density at radius 3 is 1.54 bits per heavy atom. The van der Waals surface area contributed by atoms with Crippen LogP contribution in [0.1, 0.15) is 26.2 Å². The first-order chi connectivity index (χ1) is 13.0. The molecule has 9 nitrogen and oxygen atoms in total. The minimum absolute atomic E-state index is 0. The molecule has 1 heterocycles. The van der Waals surface area contributed by atoms with Crippen LogP contribution in [-0.2, 0) is 29.0 Å². The fraction of sp³-hybridized carbons (Fsp3) is 0.611. The molecule has 2 rings (SSSR count). The average molecular weight is 450 g/mol. The molecule has 1 aromatic carbocycles. The summed E-state index contributed by atoms with van der Waals surface area (Å²) in [7, 11) is 1.35. The zero-order valence-electron chi connectivity index (χ0n) is 16.9. The topological polar surface area (TPSA) is 126 Å². The SMILES string of the molecule is C1CNCCCNCCCNC1.COC(C)=O.O=[N+]([O-])c1ccc(O)cc1.[Zn]. The molecule has 1 saturated heterocycles. The van der Waals surface area contributed by atoms with Gasteiger partial charge in [0.15, 0.2) is 0 Å². The van der Waals surface area contributed by atoms with Crippen molar-refractivity contribution in [3.8, 4) is 5.75 Å². The van der Waals surface area contributed by atoms with Crippen LogP contribution >= 0.6 is 0 Å². The largest absolute Gasteiger partial charge is 0.508 e. The van der Waals surface area contributed by atoms with Crippen molar-refractivity contribution < 1.29 is 39.0 Å². The van der Waals surface area contributed by atoms with Gasteiger partial charge < -0.3 is 25.8 Å². The third-order valence-corrected chi connectivity index (χ3v) is 3.47. The predicted octanol–water partition coefficient (Wildman–Crippen LogP) is 1.42. The van der Waals surface area contributed by atoms with E-state index in [9.17, 15) is 14.9 Å². The number of methoxy groups -OCH3 is 1. The number of carbonyl (C=O) groups excluding carboxylic acids is 1. The second-order valence-corrected chi connectivity index (χ2v) is 5.78. The van der Waals surface area contributed by atoms with Crippen molar-refractivity contribution in [3.63, 3.8) is 0 Å². The van der Waals surface area contributed by atoms with Gasteiger partial charge in [-0.1, -0.05) is 0 Å². The number of carbonyl (C=O) groups is 1. The molecule has 0 unspecified atom stereocenters. The van der Waals surface area contributed by atoms with Gasteiger partial charge in [0.1, 0.15) is 5.75 Å². The van der Waals surface area contributed by atoms with E-state index in [4.69, 9.17) is 5.11 Å². The number of nitro groups is 1. The monoisotopic (exact) mass is 448 g/mol. The number of aromatic hydroxyl groups is 1. The number of esters is 1. The Morgan fingerprint density at radius 2 is 1.29 bits per heavy atom. The van der Waals surface area contributed by atoms with E-state index in [0.29, 0.717) is 0 Å². The van der Waals surface area contributed by atoms with Gasteiger partial charge in [0, 0.05) is 38.5 Å². The molecule has 0 aromatic heterocycles. The first-order valence-corrected chi connectivity index (χ1v) is 9.07. The van der Waals surface area contributed by atoms with E-state index >= 15 is 0 Å². The second-order valence-electron chi connectivity index (χ2n) is 5.78. The van der Waals surface area contributed by atoms with Gasteiger partial charge in [-0.2, -0.15) is 0 Å². The first kappa shape index (κ1) is 28.6. The molecule has 28 heavy (non-hydrogen) atoms. The fourth-order valence-electron chi connectivity index (χ4n) is 1.96. The summed E-state index contributed by atoms with van der Waals surface area (Å²) in [5, 5.41) is 29.0. The van der Waals surface area contributed by atoms with Gasteiger partial charge in [0.2, 0.25) is 0 Å². The number of nitrogens with zero attached hydrogens (tertiary/aromatic N) is 1. The van der Waals surface area contributed by atoms with E-state index in [0.717, 1.165) is 39.3 Å². The minimum Gasteiger partial charge on any atom is -0.508 e. The smallest absolute Gasteiger partial charge is 0.302 e. The molecular weight excluding hydrogens is 418 g/mol. The maximum atomic E-state index is 10.0. The number of benzene rings is 1. The number of hydrogen-bond donors (Lipinski definition) is 4. The Hall–Kier alpha value is -1.61. The summed E-state index contributed by atoms with van der Waals surface area (Å²) in [6, 6.07) is 5.04. The Labute approximate surface area is 179 Å². The van der Waals surface area contributed by atoms with Crippen LogP contribution in [0.3, 0.4) is 0 Å². The predicted molar refractivity (Wildman–Crippen MR) is 105 cm³/mol. The van der Waals surface area contributed by atoms with Crippen LogP contribution in [-0.4, -0.2) is 62.4 Å². The number of hydrogen-bond acceptors (Lipinski definition) is 8. The van der Waals surface area contributed by atoms with Crippen LogP contribution < -0.4 is 16.0 Å². The molecule has 0 aliphatic carbocycles. The normalized spacial score (nSPS) is 14.8. The summed E-state index contributed by atoms with van der Waals surface area (Å²) in [4.78, 5) is 19.1. The molecule has 1 aromatic rings. The average Bonchev–Trinajstić information content (AvgIpc) is 2.63. The van der Waals surface area contributed by atoms with E-state index in [1.54, 1.807) is 0 Å². The number of nitrogens with one attached hydrogen (secondary N) is 3. The van der Waals surface area contributed by atoms with Crippen LogP contribution in [0.4, 0.5) is 5.69 Å². The van der Waals surface area contributed by atoms with E-state index in [1.165, 1.54) is 57.6 Å². The summed E-state index contributed by atoms with van der Waals surface area (Å²) in [5.74, 6) is -0.212. The Bertz CT molecular complexity index is 474. The Balaban J connectivity index is 0. The fourth-order valence-corrected chi connectivity index (χ4v) is 1.96. The van der Waals surface area contributed by atoms with Crippen molar-refractivity contribution in [2.24, 2.45) is 0 Å². The molecule has 0 bridgehead atoms. The van der Waals surface area contributed by atoms with E-state index < -0.39 is 4.92 Å². The van der Waals surface area contributed by atoms with E-state index in [-0.39, 0.29) is 36.9 Å². The quantitative estimate of drug-likeness (QED) is 0.219. The number of ether oxygens (including phenoxy) is 1. The molecule has 1 fully saturated rings. The van der Waals surface area contributed by atoms with Crippen LogP contribution in [0, 0.1) is 10.1 Å². The van der Waals surface area contributed by atoms with Crippen LogP contribution in [0.15, 0.2) is 24.3 Å². The number of nitro benzene ring substituents is 1. The maximum absolute atomic E-state index is 10.0. The van der Waals surface area contributed by atoms with Gasteiger partial charge in [0.25, 0.3) is 5.69 Å². The Kier molecular flexibility index (Phi) is 20.6. The van der Waals surface area contributed by atoms with Gasteiger partial charge >= 0.3 is 5.97 Å². The van der Waals surface area contributed by atoms with Gasteiger partial charge in [-0.05, 0) is 70.7 Å². The second kappa shape index (κ2) is 20.1. The Morgan fingerprint density at radius 1 is 0.964 bits per heavy atom. The third kappa shape index (κ3) is 19.2. The molecule has 1 aliphatic heterocycles. The summed E-state index contributed by atoms with van der Waals surface area (Å²) >= 11 is 0.